The zero-order chi connectivity index (χ0) is 12.1. The van der Waals surface area contributed by atoms with Crippen LogP contribution in [0.3, 0.4) is 0 Å². The fraction of sp³-hybridized carbons (Fsp3) is 0.571. The molecule has 2 N–H and O–H groups in total. The Morgan fingerprint density at radius 3 is 2.53 bits per heavy atom. The van der Waals surface area contributed by atoms with Crippen LogP contribution in [-0.4, -0.2) is 48.8 Å². The Balaban J connectivity index is 1.79. The highest BCUT2D eigenvalue weighted by atomic mass is 16.3. The van der Waals surface area contributed by atoms with Gasteiger partial charge in [0.05, 0.1) is 6.10 Å². The van der Waals surface area contributed by atoms with Crippen molar-refractivity contribution in [1.82, 2.24) is 10.2 Å². The molecule has 0 amide bonds. The van der Waals surface area contributed by atoms with E-state index in [0.29, 0.717) is 0 Å². The summed E-state index contributed by atoms with van der Waals surface area (Å²) in [7, 11) is 0. The molecule has 1 heterocycles. The first-order valence-electron chi connectivity index (χ1n) is 6.41. The first kappa shape index (κ1) is 12.6. The van der Waals surface area contributed by atoms with Crippen molar-refractivity contribution < 1.29 is 5.11 Å². The molecule has 3 nitrogen and oxygen atoms in total. The number of aliphatic hydroxyl groups excluding tert-OH is 1. The van der Waals surface area contributed by atoms with Crippen molar-refractivity contribution in [2.45, 2.75) is 19.4 Å². The van der Waals surface area contributed by atoms with Crippen molar-refractivity contribution >= 4 is 0 Å². The molecule has 1 saturated heterocycles. The molecule has 3 heteroatoms. The number of aryl methyl sites for hydroxylation is 1. The Morgan fingerprint density at radius 2 is 1.88 bits per heavy atom. The van der Waals surface area contributed by atoms with Crippen molar-refractivity contribution in [3.8, 4) is 0 Å². The topological polar surface area (TPSA) is 35.5 Å². The molecular formula is C14H22N2O. The molecule has 1 unspecified atom stereocenters. The number of aliphatic hydroxyl groups is 1. The third-order valence-electron chi connectivity index (χ3n) is 3.27. The molecule has 0 bridgehead atoms. The molecule has 0 saturated carbocycles. The van der Waals surface area contributed by atoms with Gasteiger partial charge < -0.3 is 10.4 Å². The van der Waals surface area contributed by atoms with Gasteiger partial charge in [-0.15, -0.1) is 0 Å². The number of hydrogen-bond acceptors (Lipinski definition) is 3. The Kier molecular flexibility index (Phi) is 4.54. The predicted molar refractivity (Wildman–Crippen MR) is 70.2 cm³/mol. The lowest BCUT2D eigenvalue weighted by Gasteiger charge is -2.29. The van der Waals surface area contributed by atoms with Crippen LogP contribution in [0.4, 0.5) is 0 Å². The standard InChI is InChI=1S/C14H22N2O/c1-12-2-4-13(5-3-12)10-14(17)11-16-8-6-15-7-9-16/h2-5,14-15,17H,6-11H2,1H3. The zero-order valence-electron chi connectivity index (χ0n) is 10.5. The predicted octanol–water partition coefficient (Wildman–Crippen LogP) is 0.804. The summed E-state index contributed by atoms with van der Waals surface area (Å²) in [5.41, 5.74) is 2.49. The smallest absolute Gasteiger partial charge is 0.0707 e. The van der Waals surface area contributed by atoms with Gasteiger partial charge >= 0.3 is 0 Å². The Bertz CT molecular complexity index is 331. The van der Waals surface area contributed by atoms with Crippen molar-refractivity contribution in [2.75, 3.05) is 32.7 Å². The van der Waals surface area contributed by atoms with E-state index >= 15 is 0 Å². The molecule has 1 aliphatic heterocycles. The van der Waals surface area contributed by atoms with Gasteiger partial charge in [-0.25, -0.2) is 0 Å². The fourth-order valence-corrected chi connectivity index (χ4v) is 2.25. The fourth-order valence-electron chi connectivity index (χ4n) is 2.25. The van der Waals surface area contributed by atoms with Crippen molar-refractivity contribution in [2.24, 2.45) is 0 Å². The van der Waals surface area contributed by atoms with E-state index in [1.165, 1.54) is 11.1 Å². The van der Waals surface area contributed by atoms with Crippen molar-refractivity contribution in [3.63, 3.8) is 0 Å². The molecule has 1 atom stereocenters. The first-order chi connectivity index (χ1) is 8.24. The van der Waals surface area contributed by atoms with Gasteiger partial charge in [-0.3, -0.25) is 4.90 Å². The lowest BCUT2D eigenvalue weighted by molar-refractivity contribution is 0.105. The average Bonchev–Trinajstić information content (AvgIpc) is 2.33. The summed E-state index contributed by atoms with van der Waals surface area (Å²) in [5.74, 6) is 0. The second kappa shape index (κ2) is 6.15. The number of piperazine rings is 1. The molecule has 1 aliphatic rings. The largest absolute Gasteiger partial charge is 0.391 e. The second-order valence-electron chi connectivity index (χ2n) is 4.89. The van der Waals surface area contributed by atoms with Gasteiger partial charge in [0.15, 0.2) is 0 Å². The molecule has 0 aromatic heterocycles. The summed E-state index contributed by atoms with van der Waals surface area (Å²) in [6.45, 7) is 7.04. The molecule has 1 fully saturated rings. The Morgan fingerprint density at radius 1 is 1.24 bits per heavy atom. The van der Waals surface area contributed by atoms with Crippen LogP contribution in [-0.2, 0) is 6.42 Å². The maximum absolute atomic E-state index is 10.1. The molecule has 0 spiro atoms. The van der Waals surface area contributed by atoms with E-state index in [-0.39, 0.29) is 6.10 Å². The normalized spacial score (nSPS) is 19.2. The van der Waals surface area contributed by atoms with Gasteiger partial charge in [-0.05, 0) is 18.9 Å². The van der Waals surface area contributed by atoms with E-state index in [2.05, 4.69) is 41.4 Å². The Labute approximate surface area is 103 Å². The summed E-state index contributed by atoms with van der Waals surface area (Å²) in [6, 6.07) is 8.42. The summed E-state index contributed by atoms with van der Waals surface area (Å²) >= 11 is 0. The minimum atomic E-state index is -0.254. The van der Waals surface area contributed by atoms with Crippen LogP contribution in [0.2, 0.25) is 0 Å². The lowest BCUT2D eigenvalue weighted by Crippen LogP contribution is -2.46. The third-order valence-corrected chi connectivity index (χ3v) is 3.27. The molecule has 1 aromatic carbocycles. The average molecular weight is 234 g/mol. The quantitative estimate of drug-likeness (QED) is 0.809. The molecular weight excluding hydrogens is 212 g/mol. The van der Waals surface area contributed by atoms with Gasteiger partial charge in [0.25, 0.3) is 0 Å². The van der Waals surface area contributed by atoms with Crippen LogP contribution in [0.5, 0.6) is 0 Å². The van der Waals surface area contributed by atoms with Gasteiger partial charge in [0, 0.05) is 32.7 Å². The number of benzene rings is 1. The van der Waals surface area contributed by atoms with E-state index in [1.807, 2.05) is 0 Å². The summed E-state index contributed by atoms with van der Waals surface area (Å²) < 4.78 is 0. The third kappa shape index (κ3) is 4.11. The number of nitrogens with zero attached hydrogens (tertiary/aromatic N) is 1. The Hall–Kier alpha value is -0.900. The first-order valence-corrected chi connectivity index (χ1v) is 6.41. The van der Waals surface area contributed by atoms with Gasteiger partial charge in [0.1, 0.15) is 0 Å². The van der Waals surface area contributed by atoms with Crippen LogP contribution in [0.1, 0.15) is 11.1 Å². The van der Waals surface area contributed by atoms with Crippen LogP contribution < -0.4 is 5.32 Å². The maximum atomic E-state index is 10.1. The molecule has 94 valence electrons. The highest BCUT2D eigenvalue weighted by Crippen LogP contribution is 2.07. The molecule has 2 rings (SSSR count). The summed E-state index contributed by atoms with van der Waals surface area (Å²) in [4.78, 5) is 2.33. The minimum absolute atomic E-state index is 0.254. The van der Waals surface area contributed by atoms with Crippen molar-refractivity contribution in [1.29, 1.82) is 0 Å². The highest BCUT2D eigenvalue weighted by molar-refractivity contribution is 5.21. The van der Waals surface area contributed by atoms with E-state index in [1.54, 1.807) is 0 Å². The molecule has 0 radical (unpaired) electrons. The zero-order valence-corrected chi connectivity index (χ0v) is 10.5. The number of nitrogens with one attached hydrogen (secondary N) is 1. The SMILES string of the molecule is Cc1ccc(CC(O)CN2CCNCC2)cc1. The van der Waals surface area contributed by atoms with E-state index in [9.17, 15) is 5.11 Å². The van der Waals surface area contributed by atoms with Crippen LogP contribution >= 0.6 is 0 Å². The molecule has 1 aromatic rings. The monoisotopic (exact) mass is 234 g/mol. The number of hydrogen-bond donors (Lipinski definition) is 2. The highest BCUT2D eigenvalue weighted by Gasteiger charge is 2.14. The van der Waals surface area contributed by atoms with Gasteiger partial charge in [-0.2, -0.15) is 0 Å². The second-order valence-corrected chi connectivity index (χ2v) is 4.89. The van der Waals surface area contributed by atoms with Gasteiger partial charge in [0.2, 0.25) is 0 Å². The van der Waals surface area contributed by atoms with E-state index in [4.69, 9.17) is 0 Å². The van der Waals surface area contributed by atoms with E-state index < -0.39 is 0 Å². The number of β-amino-alcohol motifs (C(OH)–C–C–N with tert-alkyl or cyclic N) is 1. The lowest BCUT2D eigenvalue weighted by atomic mass is 10.1. The van der Waals surface area contributed by atoms with Crippen LogP contribution in [0.15, 0.2) is 24.3 Å². The summed E-state index contributed by atoms with van der Waals surface area (Å²) in [6.07, 6.45) is 0.500. The van der Waals surface area contributed by atoms with E-state index in [0.717, 1.165) is 39.1 Å². The molecule has 17 heavy (non-hydrogen) atoms. The van der Waals surface area contributed by atoms with Gasteiger partial charge in [-0.1, -0.05) is 29.8 Å². The van der Waals surface area contributed by atoms with Crippen LogP contribution in [0, 0.1) is 6.92 Å². The molecule has 0 aliphatic carbocycles. The van der Waals surface area contributed by atoms with Crippen LogP contribution in [0.25, 0.3) is 0 Å². The minimum Gasteiger partial charge on any atom is -0.391 e. The maximum Gasteiger partial charge on any atom is 0.0707 e. The number of rotatable bonds is 4. The van der Waals surface area contributed by atoms with Crippen molar-refractivity contribution in [3.05, 3.63) is 35.4 Å². The summed E-state index contributed by atoms with van der Waals surface area (Å²) in [5, 5.41) is 13.4.